The molecule has 0 aliphatic heterocycles. The summed E-state index contributed by atoms with van der Waals surface area (Å²) in [5.41, 5.74) is 6.25. The largest absolute Gasteiger partial charge is 0.327 e. The molecule has 20 heavy (non-hydrogen) atoms. The fourth-order valence-electron chi connectivity index (χ4n) is 4.82. The van der Waals surface area contributed by atoms with Gasteiger partial charge in [0.2, 0.25) is 0 Å². The smallest absolute Gasteiger partial charge is 0.150 e. The molecule has 3 aliphatic carbocycles. The zero-order valence-electron chi connectivity index (χ0n) is 12.1. The molecule has 0 heterocycles. The zero-order chi connectivity index (χ0) is 14.5. The van der Waals surface area contributed by atoms with Crippen molar-refractivity contribution < 1.29 is 13.2 Å². The summed E-state index contributed by atoms with van der Waals surface area (Å²) in [6.45, 7) is 0. The lowest BCUT2D eigenvalue weighted by atomic mass is 9.74. The van der Waals surface area contributed by atoms with E-state index in [0.717, 1.165) is 25.7 Å². The minimum absolute atomic E-state index is 0.0112. The Hall–Kier alpha value is -0.420. The topological polar surface area (TPSA) is 77.2 Å². The van der Waals surface area contributed by atoms with E-state index in [9.17, 15) is 13.2 Å². The molecule has 4 nitrogen and oxygen atoms in total. The highest BCUT2D eigenvalue weighted by molar-refractivity contribution is 7.91. The van der Waals surface area contributed by atoms with E-state index < -0.39 is 9.84 Å². The van der Waals surface area contributed by atoms with Crippen molar-refractivity contribution in [3.05, 3.63) is 0 Å². The number of carbonyl (C=O) groups excluding carboxylic acids is 1. The summed E-state index contributed by atoms with van der Waals surface area (Å²) in [5.74, 6) is 1.22. The molecule has 0 aromatic heterocycles. The maximum atomic E-state index is 12.8. The second kappa shape index (κ2) is 5.09. The highest BCUT2D eigenvalue weighted by Crippen LogP contribution is 2.49. The lowest BCUT2D eigenvalue weighted by Gasteiger charge is -2.33. The van der Waals surface area contributed by atoms with Crippen LogP contribution in [-0.4, -0.2) is 31.7 Å². The molecule has 0 amide bonds. The molecule has 3 rings (SSSR count). The Kier molecular flexibility index (Phi) is 3.70. The highest BCUT2D eigenvalue weighted by Gasteiger charge is 2.50. The Morgan fingerprint density at radius 1 is 1.05 bits per heavy atom. The maximum absolute atomic E-state index is 12.8. The molecule has 0 aromatic rings. The molecule has 0 aromatic carbocycles. The molecule has 0 spiro atoms. The van der Waals surface area contributed by atoms with Crippen LogP contribution in [0, 0.1) is 23.7 Å². The van der Waals surface area contributed by atoms with Crippen LogP contribution in [0.3, 0.4) is 0 Å². The first-order valence-corrected chi connectivity index (χ1v) is 9.81. The number of sulfone groups is 1. The molecule has 114 valence electrons. The van der Waals surface area contributed by atoms with E-state index in [1.54, 1.807) is 0 Å². The Balaban J connectivity index is 1.71. The molecule has 6 atom stereocenters. The maximum Gasteiger partial charge on any atom is 0.150 e. The molecule has 5 heteroatoms. The molecule has 3 saturated carbocycles. The normalized spacial score (nSPS) is 44.7. The van der Waals surface area contributed by atoms with Gasteiger partial charge in [-0.2, -0.15) is 0 Å². The van der Waals surface area contributed by atoms with Crippen LogP contribution in [0.4, 0.5) is 0 Å². The van der Waals surface area contributed by atoms with Gasteiger partial charge in [0.05, 0.1) is 5.25 Å². The first kappa shape index (κ1) is 14.5. The quantitative estimate of drug-likeness (QED) is 0.857. The van der Waals surface area contributed by atoms with Crippen molar-refractivity contribution in [3.8, 4) is 0 Å². The van der Waals surface area contributed by atoms with Crippen LogP contribution < -0.4 is 5.73 Å². The minimum atomic E-state index is -3.02. The Morgan fingerprint density at radius 3 is 2.35 bits per heavy atom. The van der Waals surface area contributed by atoms with E-state index in [1.165, 1.54) is 12.7 Å². The number of Topliss-reactive ketones (excluding diaryl/α,β-unsaturated/α-hetero) is 1. The van der Waals surface area contributed by atoms with Crippen LogP contribution >= 0.6 is 0 Å². The summed E-state index contributed by atoms with van der Waals surface area (Å²) in [7, 11) is -3.02. The Morgan fingerprint density at radius 2 is 1.75 bits per heavy atom. The van der Waals surface area contributed by atoms with Gasteiger partial charge in [-0.1, -0.05) is 6.42 Å². The van der Waals surface area contributed by atoms with Crippen LogP contribution in [0.5, 0.6) is 0 Å². The molecule has 2 N–H and O–H groups in total. The summed E-state index contributed by atoms with van der Waals surface area (Å²) in [6.07, 6.45) is 7.66. The first-order chi connectivity index (χ1) is 9.38. The van der Waals surface area contributed by atoms with Gasteiger partial charge in [0.25, 0.3) is 0 Å². The highest BCUT2D eigenvalue weighted by atomic mass is 32.2. The van der Waals surface area contributed by atoms with Gasteiger partial charge in [-0.15, -0.1) is 0 Å². The third-order valence-corrected chi connectivity index (χ3v) is 7.58. The summed E-state index contributed by atoms with van der Waals surface area (Å²) < 4.78 is 23.5. The number of hydrogen-bond acceptors (Lipinski definition) is 4. The van der Waals surface area contributed by atoms with Gasteiger partial charge < -0.3 is 5.73 Å². The van der Waals surface area contributed by atoms with Gasteiger partial charge >= 0.3 is 0 Å². The third-order valence-electron chi connectivity index (χ3n) is 5.94. The standard InChI is InChI=1S/C15H25NO3S/c1-20(18,19)12-4-2-3-11(8-12)15(17)13-9-5-6-10(7-9)14(13)16/h9-14H,2-8,16H2,1H3. The van der Waals surface area contributed by atoms with Crippen LogP contribution in [0.15, 0.2) is 0 Å². The molecule has 0 saturated heterocycles. The zero-order valence-corrected chi connectivity index (χ0v) is 12.9. The predicted molar refractivity (Wildman–Crippen MR) is 77.9 cm³/mol. The fourth-order valence-corrected chi connectivity index (χ4v) is 6.00. The van der Waals surface area contributed by atoms with Gasteiger partial charge in [-0.3, -0.25) is 4.79 Å². The van der Waals surface area contributed by atoms with Crippen LogP contribution in [-0.2, 0) is 14.6 Å². The van der Waals surface area contributed by atoms with Crippen molar-refractivity contribution in [2.75, 3.05) is 6.26 Å². The van der Waals surface area contributed by atoms with Crippen LogP contribution in [0.2, 0.25) is 0 Å². The molecule has 0 radical (unpaired) electrons. The number of hydrogen-bond donors (Lipinski definition) is 1. The SMILES string of the molecule is CS(=O)(=O)C1CCCC(C(=O)C2C3CCC(C3)C2N)C1. The van der Waals surface area contributed by atoms with Gasteiger partial charge in [-0.05, 0) is 50.4 Å². The average Bonchev–Trinajstić information content (AvgIpc) is 2.98. The molecule has 3 fully saturated rings. The second-order valence-electron chi connectivity index (χ2n) is 7.15. The number of fused-ring (bicyclic) bond motifs is 2. The summed E-state index contributed by atoms with van der Waals surface area (Å²) >= 11 is 0. The summed E-state index contributed by atoms with van der Waals surface area (Å²) in [4.78, 5) is 12.8. The van der Waals surface area contributed by atoms with Crippen LogP contribution in [0.25, 0.3) is 0 Å². The van der Waals surface area contributed by atoms with Crippen molar-refractivity contribution in [2.24, 2.45) is 29.4 Å². The first-order valence-electron chi connectivity index (χ1n) is 7.86. The molecule has 6 unspecified atom stereocenters. The van der Waals surface area contributed by atoms with Crippen molar-refractivity contribution in [1.82, 2.24) is 0 Å². The molecular formula is C15H25NO3S. The Labute approximate surface area is 121 Å². The number of carbonyl (C=O) groups is 1. The van der Waals surface area contributed by atoms with Gasteiger partial charge in [0, 0.05) is 24.1 Å². The monoisotopic (exact) mass is 299 g/mol. The van der Waals surface area contributed by atoms with Gasteiger partial charge in [-0.25, -0.2) is 8.42 Å². The van der Waals surface area contributed by atoms with E-state index >= 15 is 0 Å². The van der Waals surface area contributed by atoms with E-state index in [0.29, 0.717) is 24.7 Å². The summed E-state index contributed by atoms with van der Waals surface area (Å²) in [5, 5.41) is -0.319. The number of ketones is 1. The van der Waals surface area contributed by atoms with Crippen LogP contribution in [0.1, 0.15) is 44.9 Å². The lowest BCUT2D eigenvalue weighted by molar-refractivity contribution is -0.129. The van der Waals surface area contributed by atoms with Crippen molar-refractivity contribution in [3.63, 3.8) is 0 Å². The van der Waals surface area contributed by atoms with E-state index in [-0.39, 0.29) is 28.9 Å². The average molecular weight is 299 g/mol. The van der Waals surface area contributed by atoms with Crippen molar-refractivity contribution >= 4 is 15.6 Å². The molecule has 2 bridgehead atoms. The van der Waals surface area contributed by atoms with Gasteiger partial charge in [0.15, 0.2) is 0 Å². The molecular weight excluding hydrogens is 274 g/mol. The minimum Gasteiger partial charge on any atom is -0.327 e. The third kappa shape index (κ3) is 2.43. The Bertz CT molecular complexity index is 499. The number of rotatable bonds is 3. The van der Waals surface area contributed by atoms with E-state index in [2.05, 4.69) is 0 Å². The predicted octanol–water partition coefficient (Wildman–Crippen LogP) is 1.53. The lowest BCUT2D eigenvalue weighted by Crippen LogP contribution is -2.44. The van der Waals surface area contributed by atoms with Crippen molar-refractivity contribution in [2.45, 2.75) is 56.2 Å². The van der Waals surface area contributed by atoms with Crippen molar-refractivity contribution in [1.29, 1.82) is 0 Å². The molecule has 3 aliphatic rings. The fraction of sp³-hybridized carbons (Fsp3) is 0.933. The second-order valence-corrected chi connectivity index (χ2v) is 9.48. The summed E-state index contributed by atoms with van der Waals surface area (Å²) in [6, 6.07) is 0.0276. The van der Waals surface area contributed by atoms with E-state index in [4.69, 9.17) is 5.73 Å². The number of nitrogens with two attached hydrogens (primary N) is 1. The van der Waals surface area contributed by atoms with Gasteiger partial charge in [0.1, 0.15) is 15.6 Å². The van der Waals surface area contributed by atoms with E-state index in [1.807, 2.05) is 0 Å².